The van der Waals surface area contributed by atoms with E-state index in [0.717, 1.165) is 5.56 Å². The molecule has 0 fully saturated rings. The number of carbonyl (C=O) groups excluding carboxylic acids is 2. The van der Waals surface area contributed by atoms with Crippen LogP contribution in [0.3, 0.4) is 0 Å². The van der Waals surface area contributed by atoms with E-state index in [9.17, 15) is 24.8 Å². The number of hydrogen-bond acceptors (Lipinski definition) is 5. The highest BCUT2D eigenvalue weighted by Gasteiger charge is 2.17. The number of aliphatic hydroxyl groups excluding tert-OH is 1. The van der Waals surface area contributed by atoms with Crippen molar-refractivity contribution in [3.8, 4) is 0 Å². The summed E-state index contributed by atoms with van der Waals surface area (Å²) < 4.78 is 0. The van der Waals surface area contributed by atoms with Crippen LogP contribution >= 0.6 is 0 Å². The molecule has 1 unspecified atom stereocenters. The van der Waals surface area contributed by atoms with E-state index in [0.29, 0.717) is 18.4 Å². The molecule has 0 aliphatic carbocycles. The fraction of sp³-hybridized carbons (Fsp3) is 0.300. The summed E-state index contributed by atoms with van der Waals surface area (Å²) in [4.78, 5) is 34.4. The van der Waals surface area contributed by atoms with Crippen LogP contribution in [0.2, 0.25) is 0 Å². The van der Waals surface area contributed by atoms with Crippen LogP contribution in [0.1, 0.15) is 29.9 Å². The number of nitrogens with one attached hydrogen (secondary N) is 2. The van der Waals surface area contributed by atoms with Gasteiger partial charge in [0.1, 0.15) is 0 Å². The minimum atomic E-state index is -0.887. The second-order valence-corrected chi connectivity index (χ2v) is 6.37. The van der Waals surface area contributed by atoms with Gasteiger partial charge in [0.15, 0.2) is 0 Å². The highest BCUT2D eigenvalue weighted by atomic mass is 16.6. The molecule has 8 heteroatoms. The summed E-state index contributed by atoms with van der Waals surface area (Å²) in [7, 11) is 0. The van der Waals surface area contributed by atoms with Crippen LogP contribution in [-0.2, 0) is 9.59 Å². The second-order valence-electron chi connectivity index (χ2n) is 6.37. The Balaban J connectivity index is 1.91. The van der Waals surface area contributed by atoms with Gasteiger partial charge in [-0.3, -0.25) is 19.7 Å². The Morgan fingerprint density at radius 1 is 1.11 bits per heavy atom. The maximum Gasteiger partial charge on any atom is 0.313 e. The molecule has 148 valence electrons. The van der Waals surface area contributed by atoms with E-state index in [2.05, 4.69) is 10.6 Å². The van der Waals surface area contributed by atoms with Crippen LogP contribution < -0.4 is 10.6 Å². The number of nitro benzene ring substituents is 1. The van der Waals surface area contributed by atoms with Gasteiger partial charge in [-0.2, -0.15) is 0 Å². The molecule has 0 bridgehead atoms. The number of anilines is 1. The lowest BCUT2D eigenvalue weighted by atomic mass is 9.93. The molecule has 2 aromatic rings. The quantitative estimate of drug-likeness (QED) is 0.366. The number of benzene rings is 2. The second kappa shape index (κ2) is 10.2. The van der Waals surface area contributed by atoms with Crippen molar-refractivity contribution in [3.63, 3.8) is 0 Å². The maximum atomic E-state index is 12.1. The topological polar surface area (TPSA) is 122 Å². The van der Waals surface area contributed by atoms with E-state index in [-0.39, 0.29) is 30.4 Å². The fourth-order valence-electron chi connectivity index (χ4n) is 2.84. The Labute approximate surface area is 162 Å². The smallest absolute Gasteiger partial charge is 0.313 e. The van der Waals surface area contributed by atoms with E-state index in [1.807, 2.05) is 30.3 Å². The van der Waals surface area contributed by atoms with E-state index in [1.165, 1.54) is 18.2 Å². The predicted octanol–water partition coefficient (Wildman–Crippen LogP) is 2.51. The molecule has 0 heterocycles. The number of hydrogen-bond donors (Lipinski definition) is 3. The molecule has 2 rings (SSSR count). The van der Waals surface area contributed by atoms with Crippen molar-refractivity contribution in [3.05, 3.63) is 69.8 Å². The number of aliphatic hydroxyl groups is 1. The van der Waals surface area contributed by atoms with Gasteiger partial charge in [-0.15, -0.1) is 0 Å². The van der Waals surface area contributed by atoms with Crippen LogP contribution in [-0.4, -0.2) is 35.0 Å². The van der Waals surface area contributed by atoms with Gasteiger partial charge in [-0.25, -0.2) is 0 Å². The number of nitrogens with zero attached hydrogens (tertiary/aromatic N) is 1. The van der Waals surface area contributed by atoms with Crippen LogP contribution in [0.4, 0.5) is 11.4 Å². The lowest BCUT2D eigenvalue weighted by Gasteiger charge is -2.16. The van der Waals surface area contributed by atoms with Crippen molar-refractivity contribution in [2.75, 3.05) is 18.5 Å². The lowest BCUT2D eigenvalue weighted by molar-refractivity contribution is -0.384. The van der Waals surface area contributed by atoms with E-state index >= 15 is 0 Å². The molecule has 3 N–H and O–H groups in total. The summed E-state index contributed by atoms with van der Waals surface area (Å²) in [5.41, 5.74) is 1.72. The summed E-state index contributed by atoms with van der Waals surface area (Å²) in [5, 5.41) is 25.1. The molecule has 0 aliphatic heterocycles. The number of aryl methyl sites for hydroxylation is 1. The van der Waals surface area contributed by atoms with E-state index in [4.69, 9.17) is 0 Å². The lowest BCUT2D eigenvalue weighted by Crippen LogP contribution is -2.36. The van der Waals surface area contributed by atoms with Gasteiger partial charge in [-0.05, 0) is 36.8 Å². The molecule has 0 spiro atoms. The zero-order valence-electron chi connectivity index (χ0n) is 15.6. The molecule has 1 atom stereocenters. The molecule has 0 aliphatic rings. The zero-order chi connectivity index (χ0) is 20.5. The third kappa shape index (κ3) is 5.88. The highest BCUT2D eigenvalue weighted by Crippen LogP contribution is 2.23. The normalized spacial score (nSPS) is 11.5. The van der Waals surface area contributed by atoms with Crippen molar-refractivity contribution >= 4 is 23.2 Å². The molecule has 8 nitrogen and oxygen atoms in total. The number of nitro groups is 1. The number of non-ortho nitro benzene ring substituents is 1. The molecule has 28 heavy (non-hydrogen) atoms. The molecule has 0 saturated heterocycles. The van der Waals surface area contributed by atoms with Gasteiger partial charge < -0.3 is 15.7 Å². The summed E-state index contributed by atoms with van der Waals surface area (Å²) >= 11 is 0. The van der Waals surface area contributed by atoms with Crippen molar-refractivity contribution < 1.29 is 19.6 Å². The summed E-state index contributed by atoms with van der Waals surface area (Å²) in [6.07, 6.45) is 1.12. The molecule has 0 saturated carbocycles. The Bertz CT molecular complexity index is 839. The highest BCUT2D eigenvalue weighted by molar-refractivity contribution is 6.39. The van der Waals surface area contributed by atoms with Crippen molar-refractivity contribution in [2.45, 2.75) is 25.7 Å². The molecular formula is C20H23N3O5. The van der Waals surface area contributed by atoms with Gasteiger partial charge in [-0.1, -0.05) is 36.4 Å². The SMILES string of the molecule is Cc1ccc([N+](=O)[O-])cc1NC(=O)C(=O)NCCC(CCO)c1ccccc1. The minimum Gasteiger partial charge on any atom is -0.396 e. The minimum absolute atomic E-state index is 0.0278. The fourth-order valence-corrected chi connectivity index (χ4v) is 2.84. The summed E-state index contributed by atoms with van der Waals surface area (Å²) in [6, 6.07) is 13.7. The van der Waals surface area contributed by atoms with Gasteiger partial charge >= 0.3 is 11.8 Å². The molecular weight excluding hydrogens is 362 g/mol. The Morgan fingerprint density at radius 2 is 1.82 bits per heavy atom. The standard InChI is InChI=1S/C20H23N3O5/c1-14-7-8-17(23(27)28)13-18(14)22-20(26)19(25)21-11-9-16(10-12-24)15-5-3-2-4-6-15/h2-8,13,16,24H,9-12H2,1H3,(H,21,25)(H,22,26). The first-order chi connectivity index (χ1) is 13.4. The molecule has 2 amide bonds. The van der Waals surface area contributed by atoms with E-state index in [1.54, 1.807) is 6.92 Å². The van der Waals surface area contributed by atoms with Gasteiger partial charge in [0, 0.05) is 25.3 Å². The summed E-state index contributed by atoms with van der Waals surface area (Å²) in [6.45, 7) is 1.97. The average molecular weight is 385 g/mol. The third-order valence-electron chi connectivity index (χ3n) is 4.41. The average Bonchev–Trinajstić information content (AvgIpc) is 2.69. The number of rotatable bonds is 8. The maximum absolute atomic E-state index is 12.1. The summed E-state index contributed by atoms with van der Waals surface area (Å²) in [5.74, 6) is -1.64. The van der Waals surface area contributed by atoms with Crippen LogP contribution in [0.25, 0.3) is 0 Å². The first-order valence-corrected chi connectivity index (χ1v) is 8.92. The predicted molar refractivity (Wildman–Crippen MR) is 105 cm³/mol. The van der Waals surface area contributed by atoms with Crippen molar-refractivity contribution in [2.24, 2.45) is 0 Å². The first kappa shape index (κ1) is 21.0. The van der Waals surface area contributed by atoms with Gasteiger partial charge in [0.25, 0.3) is 5.69 Å². The van der Waals surface area contributed by atoms with Crippen molar-refractivity contribution in [1.29, 1.82) is 0 Å². The van der Waals surface area contributed by atoms with Gasteiger partial charge in [0.05, 0.1) is 10.6 Å². The molecule has 2 aromatic carbocycles. The van der Waals surface area contributed by atoms with Gasteiger partial charge in [0.2, 0.25) is 0 Å². The Morgan fingerprint density at radius 3 is 2.46 bits per heavy atom. The van der Waals surface area contributed by atoms with Crippen molar-refractivity contribution in [1.82, 2.24) is 5.32 Å². The zero-order valence-corrected chi connectivity index (χ0v) is 15.6. The number of amides is 2. The molecule has 0 radical (unpaired) electrons. The first-order valence-electron chi connectivity index (χ1n) is 8.92. The van der Waals surface area contributed by atoms with Crippen LogP contribution in [0, 0.1) is 17.0 Å². The largest absolute Gasteiger partial charge is 0.396 e. The van der Waals surface area contributed by atoms with Crippen LogP contribution in [0.5, 0.6) is 0 Å². The van der Waals surface area contributed by atoms with Crippen LogP contribution in [0.15, 0.2) is 48.5 Å². The third-order valence-corrected chi connectivity index (χ3v) is 4.41. The number of carbonyl (C=O) groups is 2. The Hall–Kier alpha value is -3.26. The Kier molecular flexibility index (Phi) is 7.65. The van der Waals surface area contributed by atoms with E-state index < -0.39 is 16.7 Å². The molecule has 0 aromatic heterocycles. The monoisotopic (exact) mass is 385 g/mol.